The maximum atomic E-state index is 13.5. The van der Waals surface area contributed by atoms with Crippen LogP contribution in [0.4, 0.5) is 11.4 Å². The first-order valence-electron chi connectivity index (χ1n) is 14.6. The van der Waals surface area contributed by atoms with Gasteiger partial charge in [0.05, 0.1) is 46.6 Å². The summed E-state index contributed by atoms with van der Waals surface area (Å²) in [5.41, 5.74) is 6.85. The van der Waals surface area contributed by atoms with Crippen LogP contribution in [-0.4, -0.2) is 32.9 Å². The van der Waals surface area contributed by atoms with E-state index >= 15 is 0 Å². The van der Waals surface area contributed by atoms with Crippen LogP contribution in [0.2, 0.25) is 0 Å². The summed E-state index contributed by atoms with van der Waals surface area (Å²) in [7, 11) is 1.48. The molecule has 1 saturated heterocycles. The number of nitriles is 1. The van der Waals surface area contributed by atoms with E-state index in [1.165, 1.54) is 19.2 Å². The molecule has 3 heterocycles. The molecule has 1 aliphatic heterocycles. The maximum absolute atomic E-state index is 13.5. The van der Waals surface area contributed by atoms with Crippen molar-refractivity contribution < 1.29 is 14.5 Å². The van der Waals surface area contributed by atoms with Gasteiger partial charge < -0.3 is 4.74 Å². The summed E-state index contributed by atoms with van der Waals surface area (Å²) >= 11 is 3.46. The number of anilines is 1. The van der Waals surface area contributed by atoms with Crippen LogP contribution in [0.3, 0.4) is 0 Å². The molecule has 6 aromatic rings. The third-order valence-electron chi connectivity index (χ3n) is 8.78. The van der Waals surface area contributed by atoms with E-state index in [1.807, 2.05) is 78.9 Å². The van der Waals surface area contributed by atoms with E-state index in [4.69, 9.17) is 14.7 Å². The van der Waals surface area contributed by atoms with Crippen molar-refractivity contribution in [2.45, 2.75) is 12.0 Å². The Morgan fingerprint density at radius 2 is 1.66 bits per heavy atom. The number of rotatable bonds is 5. The third-order valence-corrected chi connectivity index (χ3v) is 9.31. The molecule has 1 atom stereocenters. The van der Waals surface area contributed by atoms with Gasteiger partial charge in [0.15, 0.2) is 0 Å². The van der Waals surface area contributed by atoms with Crippen molar-refractivity contribution in [3.63, 3.8) is 0 Å². The zero-order valence-corrected chi connectivity index (χ0v) is 26.2. The topological polar surface area (TPSA) is 135 Å². The fourth-order valence-corrected chi connectivity index (χ4v) is 6.91. The van der Waals surface area contributed by atoms with Crippen LogP contribution in [0.15, 0.2) is 102 Å². The Balaban J connectivity index is 1.23. The van der Waals surface area contributed by atoms with Gasteiger partial charge in [0.25, 0.3) is 5.69 Å². The van der Waals surface area contributed by atoms with E-state index in [9.17, 15) is 20.2 Å². The number of carbonyl (C=O) groups is 1. The predicted octanol–water partition coefficient (Wildman–Crippen LogP) is 7.57. The van der Waals surface area contributed by atoms with Crippen molar-refractivity contribution in [2.75, 3.05) is 12.0 Å². The molecule has 0 N–H and O–H groups in total. The lowest BCUT2D eigenvalue weighted by molar-refractivity contribution is -0.384. The van der Waals surface area contributed by atoms with Crippen LogP contribution >= 0.6 is 15.9 Å². The molecule has 4 aromatic carbocycles. The normalized spacial score (nSPS) is 16.0. The summed E-state index contributed by atoms with van der Waals surface area (Å²) in [4.78, 5) is 40.7. The number of nitro groups is 1. The second-order valence-electron chi connectivity index (χ2n) is 11.3. The van der Waals surface area contributed by atoms with Crippen molar-refractivity contribution >= 4 is 44.2 Å². The molecule has 2 aliphatic rings. The van der Waals surface area contributed by atoms with E-state index < -0.39 is 10.5 Å². The van der Waals surface area contributed by atoms with Gasteiger partial charge in [-0.3, -0.25) is 19.8 Å². The first-order chi connectivity index (χ1) is 22.8. The lowest BCUT2D eigenvalue weighted by Gasteiger charge is -2.50. The van der Waals surface area contributed by atoms with Gasteiger partial charge in [-0.15, -0.1) is 0 Å². The number of ether oxygens (including phenoxy) is 1. The molecular formula is C36H21BrN6O4. The van der Waals surface area contributed by atoms with Gasteiger partial charge in [0.1, 0.15) is 17.2 Å². The monoisotopic (exact) mass is 680 g/mol. The molecule has 0 bridgehead atoms. The highest BCUT2D eigenvalue weighted by Gasteiger charge is 2.60. The summed E-state index contributed by atoms with van der Waals surface area (Å²) in [6.45, 7) is 0. The van der Waals surface area contributed by atoms with Crippen molar-refractivity contribution in [3.05, 3.63) is 128 Å². The standard InChI is InChI=1S/C36H21BrN6O4/c1-47-35-27(19-38)26(20-6-10-22(37)11-7-20)17-30(41-35)21-8-12-23(13-9-21)42-32(44)18-36(42)28-5-3-2-4-25(28)33-34(36)40-31-16-24(43(45)46)14-15-29(31)39-33/h2-17H,18H2,1H3. The second kappa shape index (κ2) is 10.5. The molecule has 0 radical (unpaired) electrons. The van der Waals surface area contributed by atoms with E-state index in [0.717, 1.165) is 26.7 Å². The molecule has 1 amide bonds. The zero-order valence-electron chi connectivity index (χ0n) is 24.6. The maximum Gasteiger partial charge on any atom is 0.271 e. The van der Waals surface area contributed by atoms with Gasteiger partial charge in [-0.25, -0.2) is 15.0 Å². The number of hydrogen-bond donors (Lipinski definition) is 0. The fourth-order valence-electron chi connectivity index (χ4n) is 6.64. The lowest BCUT2D eigenvalue weighted by atomic mass is 9.77. The minimum absolute atomic E-state index is 0.0789. The summed E-state index contributed by atoms with van der Waals surface area (Å²) < 4.78 is 6.44. The Morgan fingerprint density at radius 3 is 2.36 bits per heavy atom. The van der Waals surface area contributed by atoms with Gasteiger partial charge in [0, 0.05) is 39.0 Å². The highest BCUT2D eigenvalue weighted by Crippen LogP contribution is 2.57. The number of amides is 1. The molecule has 10 nitrogen and oxygen atoms in total. The number of pyridine rings is 1. The highest BCUT2D eigenvalue weighted by atomic mass is 79.9. The number of carbonyl (C=O) groups excluding carboxylic acids is 1. The third kappa shape index (κ3) is 4.22. The van der Waals surface area contributed by atoms with Crippen molar-refractivity contribution in [3.8, 4) is 45.6 Å². The van der Waals surface area contributed by atoms with E-state index in [-0.39, 0.29) is 23.9 Å². The molecule has 47 heavy (non-hydrogen) atoms. The smallest absolute Gasteiger partial charge is 0.271 e. The number of nitrogens with zero attached hydrogens (tertiary/aromatic N) is 6. The first-order valence-corrected chi connectivity index (χ1v) is 15.4. The van der Waals surface area contributed by atoms with Crippen molar-refractivity contribution in [2.24, 2.45) is 0 Å². The average Bonchev–Trinajstić information content (AvgIpc) is 3.37. The van der Waals surface area contributed by atoms with Crippen LogP contribution in [0, 0.1) is 21.4 Å². The Bertz CT molecular complexity index is 2350. The number of methoxy groups -OCH3 is 1. The number of benzene rings is 4. The fraction of sp³-hybridized carbons (Fsp3) is 0.0833. The quantitative estimate of drug-likeness (QED) is 0.103. The summed E-state index contributed by atoms with van der Waals surface area (Å²) in [6, 6.07) is 31.5. The minimum Gasteiger partial charge on any atom is -0.480 e. The first kappa shape index (κ1) is 28.5. The molecular weight excluding hydrogens is 660 g/mol. The Kier molecular flexibility index (Phi) is 6.39. The predicted molar refractivity (Wildman–Crippen MR) is 179 cm³/mol. The van der Waals surface area contributed by atoms with Crippen molar-refractivity contribution in [1.82, 2.24) is 15.0 Å². The molecule has 11 heteroatoms. The SMILES string of the molecule is COc1nc(-c2ccc(N3C(=O)CC34c3ccccc3-c3nc5ccc([N+](=O)[O-])cc5nc34)cc2)cc(-c2ccc(Br)cc2)c1C#N. The number of halogens is 1. The Labute approximate surface area is 276 Å². The number of aromatic nitrogens is 3. The number of non-ortho nitro benzene ring substituents is 1. The number of nitro benzene ring substituents is 1. The Morgan fingerprint density at radius 1 is 0.915 bits per heavy atom. The van der Waals surface area contributed by atoms with Gasteiger partial charge in [-0.05, 0) is 47.5 Å². The average molecular weight is 682 g/mol. The van der Waals surface area contributed by atoms with E-state index in [2.05, 4.69) is 27.0 Å². The molecule has 1 aliphatic carbocycles. The molecule has 1 unspecified atom stereocenters. The summed E-state index contributed by atoms with van der Waals surface area (Å²) in [5, 5.41) is 21.5. The van der Waals surface area contributed by atoms with Crippen LogP contribution in [0.1, 0.15) is 23.2 Å². The summed E-state index contributed by atoms with van der Waals surface area (Å²) in [5.74, 6) is 0.131. The Hall–Kier alpha value is -5.99. The largest absolute Gasteiger partial charge is 0.480 e. The molecule has 1 spiro atoms. The highest BCUT2D eigenvalue weighted by molar-refractivity contribution is 9.10. The molecule has 1 fully saturated rings. The van der Waals surface area contributed by atoms with E-state index in [0.29, 0.717) is 44.9 Å². The van der Waals surface area contributed by atoms with Gasteiger partial charge in [-0.1, -0.05) is 64.5 Å². The molecule has 0 saturated carbocycles. The van der Waals surface area contributed by atoms with Crippen molar-refractivity contribution in [1.29, 1.82) is 5.26 Å². The minimum atomic E-state index is -0.916. The van der Waals surface area contributed by atoms with Gasteiger partial charge in [0.2, 0.25) is 11.8 Å². The molecule has 8 rings (SSSR count). The summed E-state index contributed by atoms with van der Waals surface area (Å²) in [6.07, 6.45) is 0.179. The van der Waals surface area contributed by atoms with Crippen LogP contribution in [0.25, 0.3) is 44.7 Å². The van der Waals surface area contributed by atoms with Crippen LogP contribution in [-0.2, 0) is 10.3 Å². The second-order valence-corrected chi connectivity index (χ2v) is 12.2. The number of fused-ring (bicyclic) bond motifs is 6. The number of β-lactam (4-membered cyclic amide) rings is 1. The van der Waals surface area contributed by atoms with Crippen LogP contribution in [0.5, 0.6) is 5.88 Å². The van der Waals surface area contributed by atoms with Gasteiger partial charge >= 0.3 is 0 Å². The zero-order chi connectivity index (χ0) is 32.4. The van der Waals surface area contributed by atoms with Gasteiger partial charge in [-0.2, -0.15) is 5.26 Å². The molecule has 226 valence electrons. The van der Waals surface area contributed by atoms with E-state index in [1.54, 1.807) is 11.0 Å². The molecule has 2 aromatic heterocycles. The number of hydrogen-bond acceptors (Lipinski definition) is 8. The lowest BCUT2D eigenvalue weighted by Crippen LogP contribution is -2.61. The van der Waals surface area contributed by atoms with Crippen LogP contribution < -0.4 is 9.64 Å².